The van der Waals surface area contributed by atoms with Crippen LogP contribution in [0.3, 0.4) is 0 Å². The molecule has 0 amide bonds. The summed E-state index contributed by atoms with van der Waals surface area (Å²) in [5.74, 6) is 4.08. The number of ether oxygens (including phenoxy) is 2. The van der Waals surface area contributed by atoms with Crippen LogP contribution in [0.4, 0.5) is 0 Å². The van der Waals surface area contributed by atoms with Crippen LogP contribution in [0.1, 0.15) is 47.0 Å². The van der Waals surface area contributed by atoms with E-state index in [0.717, 1.165) is 6.42 Å². The van der Waals surface area contributed by atoms with E-state index >= 15 is 0 Å². The molecule has 0 radical (unpaired) electrons. The molecule has 0 saturated heterocycles. The van der Waals surface area contributed by atoms with Gasteiger partial charge in [0.1, 0.15) is 0 Å². The van der Waals surface area contributed by atoms with Crippen LogP contribution in [0.5, 0.6) is 0 Å². The Morgan fingerprint density at radius 3 is 1.95 bits per heavy atom. The first kappa shape index (κ1) is 15.6. The molecule has 3 atom stereocenters. The van der Waals surface area contributed by atoms with Gasteiger partial charge in [-0.3, -0.25) is 9.59 Å². The van der Waals surface area contributed by atoms with E-state index in [2.05, 4.69) is 11.8 Å². The normalized spacial score (nSPS) is 23.2. The second kappa shape index (κ2) is 7.18. The maximum absolute atomic E-state index is 12.1. The van der Waals surface area contributed by atoms with Crippen LogP contribution in [0, 0.1) is 23.7 Å². The number of hydrogen-bond donors (Lipinski definition) is 0. The van der Waals surface area contributed by atoms with Gasteiger partial charge in [0.25, 0.3) is 0 Å². The number of carbonyl (C=O) groups is 2. The van der Waals surface area contributed by atoms with Crippen molar-refractivity contribution in [2.75, 3.05) is 0 Å². The third-order valence-electron chi connectivity index (χ3n) is 3.10. The van der Waals surface area contributed by atoms with Crippen molar-refractivity contribution in [1.82, 2.24) is 0 Å². The lowest BCUT2D eigenvalue weighted by Gasteiger charge is -2.25. The second-order valence-corrected chi connectivity index (χ2v) is 5.12. The molecule has 1 aliphatic rings. The molecule has 4 nitrogen and oxygen atoms in total. The molecule has 0 aromatic heterocycles. The minimum atomic E-state index is -0.500. The molecule has 0 bridgehead atoms. The van der Waals surface area contributed by atoms with Crippen LogP contribution in [0.15, 0.2) is 0 Å². The molecule has 0 heterocycles. The third kappa shape index (κ3) is 4.59. The minimum Gasteiger partial charge on any atom is -0.463 e. The Bertz CT molecular complexity index is 389. The fraction of sp³-hybridized carbons (Fsp3) is 0.733. The molecule has 0 aromatic rings. The molecule has 19 heavy (non-hydrogen) atoms. The van der Waals surface area contributed by atoms with Gasteiger partial charge in [-0.05, 0) is 27.2 Å². The van der Waals surface area contributed by atoms with Crippen molar-refractivity contribution in [2.24, 2.45) is 11.8 Å². The Balaban J connectivity index is 2.71. The highest BCUT2D eigenvalue weighted by molar-refractivity contribution is 5.83. The summed E-state index contributed by atoms with van der Waals surface area (Å²) in [7, 11) is 0. The number of carbonyl (C=O) groups excluding carboxylic acids is 2. The smallest absolute Gasteiger partial charge is 0.311 e. The van der Waals surface area contributed by atoms with Crippen LogP contribution >= 0.6 is 0 Å². The third-order valence-corrected chi connectivity index (χ3v) is 3.10. The van der Waals surface area contributed by atoms with Gasteiger partial charge >= 0.3 is 11.9 Å². The van der Waals surface area contributed by atoms with E-state index in [1.165, 1.54) is 0 Å². The lowest BCUT2D eigenvalue weighted by molar-refractivity contribution is -0.165. The average molecular weight is 266 g/mol. The van der Waals surface area contributed by atoms with Gasteiger partial charge in [-0.25, -0.2) is 0 Å². The summed E-state index contributed by atoms with van der Waals surface area (Å²) in [5.41, 5.74) is 0. The molecule has 0 N–H and O–H groups in total. The molecule has 4 heteroatoms. The molecule has 0 fully saturated rings. The van der Waals surface area contributed by atoms with E-state index in [0.29, 0.717) is 12.8 Å². The maximum Gasteiger partial charge on any atom is 0.311 e. The van der Waals surface area contributed by atoms with Gasteiger partial charge in [0.2, 0.25) is 0 Å². The van der Waals surface area contributed by atoms with Gasteiger partial charge in [0.05, 0.1) is 24.0 Å². The van der Waals surface area contributed by atoms with Gasteiger partial charge in [-0.15, -0.1) is 11.8 Å². The van der Waals surface area contributed by atoms with Crippen molar-refractivity contribution < 1.29 is 19.1 Å². The number of rotatable bonds is 5. The van der Waals surface area contributed by atoms with Crippen molar-refractivity contribution in [3.63, 3.8) is 0 Å². The summed E-state index contributed by atoms with van der Waals surface area (Å²) in [5, 5.41) is 0. The monoisotopic (exact) mass is 266 g/mol. The van der Waals surface area contributed by atoms with Crippen LogP contribution in [0.2, 0.25) is 0 Å². The Kier molecular flexibility index (Phi) is 5.88. The highest BCUT2D eigenvalue weighted by Crippen LogP contribution is 2.26. The zero-order valence-corrected chi connectivity index (χ0v) is 12.1. The highest BCUT2D eigenvalue weighted by atomic mass is 16.6. The zero-order valence-electron chi connectivity index (χ0n) is 12.1. The minimum absolute atomic E-state index is 0.135. The largest absolute Gasteiger partial charge is 0.463 e. The first-order valence-corrected chi connectivity index (χ1v) is 6.82. The van der Waals surface area contributed by atoms with E-state index in [9.17, 15) is 9.59 Å². The fourth-order valence-corrected chi connectivity index (χ4v) is 1.83. The predicted molar refractivity (Wildman–Crippen MR) is 71.1 cm³/mol. The molecule has 0 spiro atoms. The number of esters is 2. The van der Waals surface area contributed by atoms with Crippen molar-refractivity contribution in [1.29, 1.82) is 0 Å². The van der Waals surface area contributed by atoms with Gasteiger partial charge in [0.15, 0.2) is 0 Å². The molecule has 3 unspecified atom stereocenters. The van der Waals surface area contributed by atoms with Crippen molar-refractivity contribution in [3.8, 4) is 11.8 Å². The molecule has 1 rings (SSSR count). The Hall–Kier alpha value is -1.50. The predicted octanol–water partition coefficient (Wildman–Crippen LogP) is 2.31. The summed E-state index contributed by atoms with van der Waals surface area (Å²) in [4.78, 5) is 24.1. The Morgan fingerprint density at radius 2 is 1.53 bits per heavy atom. The molecule has 0 aliphatic heterocycles. The van der Waals surface area contributed by atoms with Crippen molar-refractivity contribution in [2.45, 2.75) is 59.2 Å². The van der Waals surface area contributed by atoms with E-state index in [1.54, 1.807) is 13.8 Å². The molecule has 106 valence electrons. The zero-order chi connectivity index (χ0) is 14.4. The summed E-state index contributed by atoms with van der Waals surface area (Å²) in [6.45, 7) is 7.37. The van der Waals surface area contributed by atoms with Crippen LogP contribution < -0.4 is 0 Å². The average Bonchev–Trinajstić information content (AvgIpc) is 2.37. The second-order valence-electron chi connectivity index (χ2n) is 5.12. The SMILES string of the molecule is CCC(C)OC(=O)C1CC#CCC1C(=O)OC(C)C. The van der Waals surface area contributed by atoms with Crippen molar-refractivity contribution >= 4 is 11.9 Å². The van der Waals surface area contributed by atoms with Crippen molar-refractivity contribution in [3.05, 3.63) is 0 Å². The molecular formula is C15H22O4. The summed E-state index contributed by atoms with van der Waals surface area (Å²) < 4.78 is 10.5. The van der Waals surface area contributed by atoms with Crippen LogP contribution in [0.25, 0.3) is 0 Å². The summed E-state index contributed by atoms with van der Waals surface area (Å²) in [6, 6.07) is 0. The van der Waals surface area contributed by atoms with E-state index in [1.807, 2.05) is 13.8 Å². The van der Waals surface area contributed by atoms with Crippen LogP contribution in [-0.4, -0.2) is 24.1 Å². The molecule has 0 saturated carbocycles. The maximum atomic E-state index is 12.1. The quantitative estimate of drug-likeness (QED) is 0.566. The molecule has 0 aromatic carbocycles. The van der Waals surface area contributed by atoms with Crippen LogP contribution in [-0.2, 0) is 19.1 Å². The lowest BCUT2D eigenvalue weighted by atomic mass is 9.84. The summed E-state index contributed by atoms with van der Waals surface area (Å²) in [6.07, 6.45) is 1.17. The highest BCUT2D eigenvalue weighted by Gasteiger charge is 2.37. The van der Waals surface area contributed by atoms with Gasteiger partial charge in [0, 0.05) is 12.8 Å². The van der Waals surface area contributed by atoms with E-state index in [4.69, 9.17) is 9.47 Å². The van der Waals surface area contributed by atoms with Gasteiger partial charge in [-0.2, -0.15) is 0 Å². The van der Waals surface area contributed by atoms with Gasteiger partial charge in [-0.1, -0.05) is 6.92 Å². The lowest BCUT2D eigenvalue weighted by Crippen LogP contribution is -2.35. The Morgan fingerprint density at radius 1 is 1.05 bits per heavy atom. The van der Waals surface area contributed by atoms with E-state index in [-0.39, 0.29) is 24.1 Å². The molecular weight excluding hydrogens is 244 g/mol. The van der Waals surface area contributed by atoms with Gasteiger partial charge < -0.3 is 9.47 Å². The van der Waals surface area contributed by atoms with E-state index < -0.39 is 11.8 Å². The molecule has 1 aliphatic carbocycles. The summed E-state index contributed by atoms with van der Waals surface area (Å²) >= 11 is 0. The number of hydrogen-bond acceptors (Lipinski definition) is 4. The fourth-order valence-electron chi connectivity index (χ4n) is 1.83. The topological polar surface area (TPSA) is 52.6 Å². The first-order valence-electron chi connectivity index (χ1n) is 6.82. The standard InChI is InChI=1S/C15H22O4/c1-5-11(4)19-15(17)13-9-7-6-8-12(13)14(16)18-10(2)3/h10-13H,5,8-9H2,1-4H3. The Labute approximate surface area is 114 Å². The first-order chi connectivity index (χ1) is 8.95.